The first-order valence-corrected chi connectivity index (χ1v) is 15.6. The summed E-state index contributed by atoms with van der Waals surface area (Å²) in [6.45, 7) is 13.1. The molecule has 0 radical (unpaired) electrons. The van der Waals surface area contributed by atoms with Crippen molar-refractivity contribution in [2.75, 3.05) is 10.8 Å². The Hall–Kier alpha value is -3.65. The Morgan fingerprint density at radius 3 is 2.07 bits per heavy atom. The zero-order valence-electron chi connectivity index (χ0n) is 25.3. The second kappa shape index (κ2) is 13.8. The molecule has 220 valence electrons. The van der Waals surface area contributed by atoms with Gasteiger partial charge in [0, 0.05) is 12.6 Å². The zero-order chi connectivity index (χ0) is 30.3. The molecular weight excluding hydrogens is 534 g/mol. The molecule has 2 atom stereocenters. The third-order valence-electron chi connectivity index (χ3n) is 7.51. The maximum absolute atomic E-state index is 14.3. The molecule has 0 spiro atoms. The molecule has 3 aromatic rings. The lowest BCUT2D eigenvalue weighted by molar-refractivity contribution is -0.140. The first kappa shape index (κ1) is 31.9. The van der Waals surface area contributed by atoms with Crippen LogP contribution in [0.15, 0.2) is 71.6 Å². The van der Waals surface area contributed by atoms with Crippen molar-refractivity contribution in [1.29, 1.82) is 0 Å². The Labute approximate surface area is 245 Å². The fourth-order valence-electron chi connectivity index (χ4n) is 4.67. The molecular formula is C33H43N3O4S. The Kier molecular flexibility index (Phi) is 10.7. The second-order valence-electron chi connectivity index (χ2n) is 10.8. The first-order chi connectivity index (χ1) is 19.4. The van der Waals surface area contributed by atoms with Crippen LogP contribution in [-0.4, -0.2) is 43.8 Å². The van der Waals surface area contributed by atoms with Crippen molar-refractivity contribution in [2.24, 2.45) is 0 Å². The van der Waals surface area contributed by atoms with E-state index >= 15 is 0 Å². The standard InChI is InChI=1S/C33H43N3O4S/c1-8-27(7)34-33(38)30(9-2)35(21-28-13-11-10-12-25(28)5)32(37)22-36(31-20-24(4)14-17-26(31)6)41(39,40)29-18-15-23(3)16-19-29/h10-20,27,30H,8-9,21-22H2,1-7H3,(H,34,38)/t27-,30-/m0/s1. The SMILES string of the molecule is CC[C@H](C)NC(=O)[C@H](CC)N(Cc1ccccc1C)C(=O)CN(c1cc(C)ccc1C)S(=O)(=O)c1ccc(C)cc1. The highest BCUT2D eigenvalue weighted by molar-refractivity contribution is 7.92. The highest BCUT2D eigenvalue weighted by Crippen LogP contribution is 2.29. The Morgan fingerprint density at radius 1 is 0.829 bits per heavy atom. The van der Waals surface area contributed by atoms with Crippen molar-refractivity contribution in [3.63, 3.8) is 0 Å². The lowest BCUT2D eigenvalue weighted by Crippen LogP contribution is -2.53. The van der Waals surface area contributed by atoms with Gasteiger partial charge in [-0.15, -0.1) is 0 Å². The van der Waals surface area contributed by atoms with E-state index in [-0.39, 0.29) is 23.4 Å². The molecule has 0 aliphatic carbocycles. The van der Waals surface area contributed by atoms with Crippen LogP contribution in [-0.2, 0) is 26.2 Å². The molecule has 3 rings (SSSR count). The van der Waals surface area contributed by atoms with Crippen molar-refractivity contribution in [1.82, 2.24) is 10.2 Å². The molecule has 0 saturated carbocycles. The van der Waals surface area contributed by atoms with E-state index in [9.17, 15) is 18.0 Å². The van der Waals surface area contributed by atoms with Gasteiger partial charge in [-0.25, -0.2) is 8.42 Å². The van der Waals surface area contributed by atoms with Crippen LogP contribution in [0.2, 0.25) is 0 Å². The Balaban J connectivity index is 2.11. The van der Waals surface area contributed by atoms with Gasteiger partial charge in [-0.1, -0.05) is 67.9 Å². The number of aryl methyl sites for hydroxylation is 4. The van der Waals surface area contributed by atoms with E-state index in [0.29, 0.717) is 12.1 Å². The van der Waals surface area contributed by atoms with Crippen molar-refractivity contribution >= 4 is 27.5 Å². The molecule has 0 bridgehead atoms. The van der Waals surface area contributed by atoms with Crippen LogP contribution in [0.5, 0.6) is 0 Å². The number of nitrogens with zero attached hydrogens (tertiary/aromatic N) is 2. The van der Waals surface area contributed by atoms with Gasteiger partial charge < -0.3 is 10.2 Å². The number of carbonyl (C=O) groups excluding carboxylic acids is 2. The molecule has 41 heavy (non-hydrogen) atoms. The number of benzene rings is 3. The van der Waals surface area contributed by atoms with Crippen molar-refractivity contribution in [2.45, 2.75) is 84.8 Å². The van der Waals surface area contributed by atoms with Crippen LogP contribution < -0.4 is 9.62 Å². The van der Waals surface area contributed by atoms with E-state index in [1.54, 1.807) is 30.3 Å². The van der Waals surface area contributed by atoms with E-state index in [4.69, 9.17) is 0 Å². The number of sulfonamides is 1. The highest BCUT2D eigenvalue weighted by Gasteiger charge is 2.34. The largest absolute Gasteiger partial charge is 0.352 e. The minimum absolute atomic E-state index is 0.0553. The zero-order valence-corrected chi connectivity index (χ0v) is 26.1. The average molecular weight is 578 g/mol. The smallest absolute Gasteiger partial charge is 0.264 e. The molecule has 2 amide bonds. The summed E-state index contributed by atoms with van der Waals surface area (Å²) in [5, 5.41) is 3.01. The Morgan fingerprint density at radius 2 is 1.46 bits per heavy atom. The lowest BCUT2D eigenvalue weighted by Gasteiger charge is -2.34. The van der Waals surface area contributed by atoms with Gasteiger partial charge in [-0.2, -0.15) is 0 Å². The molecule has 0 aliphatic heterocycles. The van der Waals surface area contributed by atoms with Crippen LogP contribution in [0.4, 0.5) is 5.69 Å². The predicted octanol–water partition coefficient (Wildman–Crippen LogP) is 5.84. The number of rotatable bonds is 12. The van der Waals surface area contributed by atoms with E-state index < -0.39 is 28.5 Å². The predicted molar refractivity (Wildman–Crippen MR) is 165 cm³/mol. The van der Waals surface area contributed by atoms with Gasteiger partial charge in [0.15, 0.2) is 0 Å². The average Bonchev–Trinajstić information content (AvgIpc) is 2.94. The summed E-state index contributed by atoms with van der Waals surface area (Å²) in [5.41, 5.74) is 4.86. The third-order valence-corrected chi connectivity index (χ3v) is 9.28. The van der Waals surface area contributed by atoms with Gasteiger partial charge in [0.05, 0.1) is 10.6 Å². The Bertz CT molecular complexity index is 1470. The lowest BCUT2D eigenvalue weighted by atomic mass is 10.1. The van der Waals surface area contributed by atoms with Crippen LogP contribution in [0.25, 0.3) is 0 Å². The van der Waals surface area contributed by atoms with Crippen molar-refractivity contribution in [3.8, 4) is 0 Å². The summed E-state index contributed by atoms with van der Waals surface area (Å²) in [6.07, 6.45) is 1.14. The summed E-state index contributed by atoms with van der Waals surface area (Å²) in [7, 11) is -4.11. The monoisotopic (exact) mass is 577 g/mol. The van der Waals surface area contributed by atoms with Crippen LogP contribution in [0.3, 0.4) is 0 Å². The molecule has 7 nitrogen and oxygen atoms in total. The minimum atomic E-state index is -4.11. The van der Waals surface area contributed by atoms with E-state index in [1.165, 1.54) is 9.21 Å². The number of hydrogen-bond donors (Lipinski definition) is 1. The maximum Gasteiger partial charge on any atom is 0.264 e. The van der Waals surface area contributed by atoms with Crippen LogP contribution in [0.1, 0.15) is 61.4 Å². The van der Waals surface area contributed by atoms with E-state index in [1.807, 2.05) is 84.9 Å². The molecule has 3 aromatic carbocycles. The second-order valence-corrected chi connectivity index (χ2v) is 12.7. The van der Waals surface area contributed by atoms with Crippen molar-refractivity contribution < 1.29 is 18.0 Å². The number of amides is 2. The molecule has 1 N–H and O–H groups in total. The minimum Gasteiger partial charge on any atom is -0.352 e. The van der Waals surface area contributed by atoms with Gasteiger partial charge >= 0.3 is 0 Å². The molecule has 8 heteroatoms. The molecule has 0 unspecified atom stereocenters. The topological polar surface area (TPSA) is 86.8 Å². The van der Waals surface area contributed by atoms with Crippen molar-refractivity contribution in [3.05, 3.63) is 94.5 Å². The van der Waals surface area contributed by atoms with Gasteiger partial charge in [0.25, 0.3) is 10.0 Å². The van der Waals surface area contributed by atoms with Gasteiger partial charge in [-0.05, 0) is 87.9 Å². The molecule has 0 heterocycles. The quantitative estimate of drug-likeness (QED) is 0.293. The fraction of sp³-hybridized carbons (Fsp3) is 0.394. The van der Waals surface area contributed by atoms with E-state index in [2.05, 4.69) is 5.32 Å². The fourth-order valence-corrected chi connectivity index (χ4v) is 6.14. The maximum atomic E-state index is 14.3. The van der Waals surface area contributed by atoms with Crippen LogP contribution >= 0.6 is 0 Å². The summed E-state index contributed by atoms with van der Waals surface area (Å²) < 4.78 is 29.4. The summed E-state index contributed by atoms with van der Waals surface area (Å²) in [5.74, 6) is -0.695. The first-order valence-electron chi connectivity index (χ1n) is 14.2. The van der Waals surface area contributed by atoms with Crippen LogP contribution in [0, 0.1) is 27.7 Å². The normalized spacial score (nSPS) is 12.9. The summed E-state index contributed by atoms with van der Waals surface area (Å²) in [6, 6.07) is 19.1. The number of hydrogen-bond acceptors (Lipinski definition) is 4. The summed E-state index contributed by atoms with van der Waals surface area (Å²) >= 11 is 0. The van der Waals surface area contributed by atoms with Gasteiger partial charge in [-0.3, -0.25) is 13.9 Å². The highest BCUT2D eigenvalue weighted by atomic mass is 32.2. The summed E-state index contributed by atoms with van der Waals surface area (Å²) in [4.78, 5) is 29.3. The third kappa shape index (κ3) is 7.76. The number of anilines is 1. The number of nitrogens with one attached hydrogen (secondary N) is 1. The molecule has 0 aliphatic rings. The van der Waals surface area contributed by atoms with Gasteiger partial charge in [0.2, 0.25) is 11.8 Å². The van der Waals surface area contributed by atoms with Gasteiger partial charge in [0.1, 0.15) is 12.6 Å². The van der Waals surface area contributed by atoms with E-state index in [0.717, 1.165) is 34.2 Å². The molecule has 0 aromatic heterocycles. The molecule has 0 fully saturated rings. The number of carbonyl (C=O) groups is 2. The molecule has 0 saturated heterocycles.